The van der Waals surface area contributed by atoms with Crippen molar-refractivity contribution in [2.45, 2.75) is 30.8 Å². The van der Waals surface area contributed by atoms with E-state index in [-0.39, 0.29) is 15.5 Å². The van der Waals surface area contributed by atoms with Gasteiger partial charge in [-0.05, 0) is 29.3 Å². The first-order valence-electron chi connectivity index (χ1n) is 4.91. The Morgan fingerprint density at radius 2 is 2.18 bits per heavy atom. The summed E-state index contributed by atoms with van der Waals surface area (Å²) >= 11 is 8.84. The molecule has 98 valence electrons. The molecule has 6 nitrogen and oxygen atoms in total. The standard InChI is InChI=1S/C8H14BrClN4O2S/c1-4-8(2,5-10)12-17(15,16)7-6(9)11-13-14(7)3/h12H,4-5H2,1-3H3. The van der Waals surface area contributed by atoms with Gasteiger partial charge < -0.3 is 0 Å². The number of hydrogen-bond donors (Lipinski definition) is 1. The molecule has 17 heavy (non-hydrogen) atoms. The summed E-state index contributed by atoms with van der Waals surface area (Å²) in [6.07, 6.45) is 0.582. The molecule has 9 heteroatoms. The largest absolute Gasteiger partial charge is 0.261 e. The van der Waals surface area contributed by atoms with Crippen LogP contribution < -0.4 is 4.72 Å². The summed E-state index contributed by atoms with van der Waals surface area (Å²) in [4.78, 5) is 0. The lowest BCUT2D eigenvalue weighted by Gasteiger charge is -2.26. The molecule has 1 aromatic rings. The molecule has 0 bridgehead atoms. The Morgan fingerprint density at radius 3 is 2.53 bits per heavy atom. The molecular weight excluding hydrogens is 332 g/mol. The summed E-state index contributed by atoms with van der Waals surface area (Å²) < 4.78 is 28.3. The molecule has 1 N–H and O–H groups in total. The number of aromatic nitrogens is 3. The molecule has 0 radical (unpaired) electrons. The van der Waals surface area contributed by atoms with Gasteiger partial charge in [-0.1, -0.05) is 12.1 Å². The van der Waals surface area contributed by atoms with E-state index in [1.807, 2.05) is 6.92 Å². The Morgan fingerprint density at radius 1 is 1.59 bits per heavy atom. The molecular formula is C8H14BrClN4O2S. The van der Waals surface area contributed by atoms with Gasteiger partial charge in [-0.15, -0.1) is 16.7 Å². The molecule has 0 saturated heterocycles. The van der Waals surface area contributed by atoms with E-state index in [1.165, 1.54) is 11.7 Å². The van der Waals surface area contributed by atoms with E-state index in [0.717, 1.165) is 0 Å². The Balaban J connectivity index is 3.14. The van der Waals surface area contributed by atoms with Crippen molar-refractivity contribution in [3.63, 3.8) is 0 Å². The Bertz CT molecular complexity index is 478. The number of rotatable bonds is 5. The molecule has 0 aromatic carbocycles. The van der Waals surface area contributed by atoms with E-state index in [0.29, 0.717) is 6.42 Å². The number of aryl methyl sites for hydroxylation is 1. The maximum absolute atomic E-state index is 12.2. The van der Waals surface area contributed by atoms with Gasteiger partial charge in [0.2, 0.25) is 5.03 Å². The third kappa shape index (κ3) is 3.18. The maximum Gasteiger partial charge on any atom is 0.261 e. The van der Waals surface area contributed by atoms with Gasteiger partial charge in [-0.25, -0.2) is 17.8 Å². The van der Waals surface area contributed by atoms with Crippen LogP contribution in [0.3, 0.4) is 0 Å². The second-order valence-corrected chi connectivity index (χ2v) is 6.58. The Kier molecular flexibility index (Phi) is 4.56. The molecule has 1 atom stereocenters. The molecule has 1 aromatic heterocycles. The highest BCUT2D eigenvalue weighted by atomic mass is 79.9. The van der Waals surface area contributed by atoms with Gasteiger partial charge in [0, 0.05) is 18.5 Å². The van der Waals surface area contributed by atoms with E-state index >= 15 is 0 Å². The van der Waals surface area contributed by atoms with Crippen molar-refractivity contribution in [3.8, 4) is 0 Å². The number of nitrogens with zero attached hydrogens (tertiary/aromatic N) is 3. The van der Waals surface area contributed by atoms with Gasteiger partial charge in [0.25, 0.3) is 10.0 Å². The second kappa shape index (κ2) is 5.21. The van der Waals surface area contributed by atoms with Crippen LogP contribution in [0.2, 0.25) is 0 Å². The van der Waals surface area contributed by atoms with Crippen molar-refractivity contribution >= 4 is 37.6 Å². The fourth-order valence-electron chi connectivity index (χ4n) is 1.17. The van der Waals surface area contributed by atoms with Crippen LogP contribution in [0.4, 0.5) is 0 Å². The van der Waals surface area contributed by atoms with Crippen molar-refractivity contribution in [2.75, 3.05) is 5.88 Å². The van der Waals surface area contributed by atoms with E-state index < -0.39 is 15.6 Å². The first kappa shape index (κ1) is 14.9. The van der Waals surface area contributed by atoms with Crippen molar-refractivity contribution in [2.24, 2.45) is 7.05 Å². The molecule has 1 unspecified atom stereocenters. The van der Waals surface area contributed by atoms with E-state index in [4.69, 9.17) is 11.6 Å². The van der Waals surface area contributed by atoms with Crippen molar-refractivity contribution in [1.29, 1.82) is 0 Å². The van der Waals surface area contributed by atoms with Gasteiger partial charge in [-0.2, -0.15) is 0 Å². The van der Waals surface area contributed by atoms with E-state index in [9.17, 15) is 8.42 Å². The summed E-state index contributed by atoms with van der Waals surface area (Å²) in [5.41, 5.74) is -0.690. The highest BCUT2D eigenvalue weighted by Gasteiger charge is 2.32. The molecule has 1 rings (SSSR count). The monoisotopic (exact) mass is 344 g/mol. The van der Waals surface area contributed by atoms with E-state index in [1.54, 1.807) is 6.92 Å². The second-order valence-electron chi connectivity index (χ2n) is 3.96. The van der Waals surface area contributed by atoms with Gasteiger partial charge in [-0.3, -0.25) is 0 Å². The van der Waals surface area contributed by atoms with Gasteiger partial charge in [0.1, 0.15) is 0 Å². The Hall–Kier alpha value is -0.180. The van der Waals surface area contributed by atoms with Crippen LogP contribution in [-0.2, 0) is 17.1 Å². The van der Waals surface area contributed by atoms with Crippen LogP contribution in [0.5, 0.6) is 0 Å². The number of alkyl halides is 1. The number of halogens is 2. The topological polar surface area (TPSA) is 76.9 Å². The normalized spacial score (nSPS) is 15.8. The van der Waals surface area contributed by atoms with Crippen LogP contribution in [0.1, 0.15) is 20.3 Å². The van der Waals surface area contributed by atoms with Crippen molar-refractivity contribution in [3.05, 3.63) is 4.60 Å². The maximum atomic E-state index is 12.2. The molecule has 1 heterocycles. The number of hydrogen-bond acceptors (Lipinski definition) is 4. The highest BCUT2D eigenvalue weighted by molar-refractivity contribution is 9.10. The van der Waals surface area contributed by atoms with Crippen LogP contribution in [0.25, 0.3) is 0 Å². The van der Waals surface area contributed by atoms with E-state index in [2.05, 4.69) is 31.0 Å². The van der Waals surface area contributed by atoms with Crippen molar-refractivity contribution in [1.82, 2.24) is 19.7 Å². The first-order chi connectivity index (χ1) is 7.75. The van der Waals surface area contributed by atoms with Crippen LogP contribution in [-0.4, -0.2) is 34.8 Å². The first-order valence-corrected chi connectivity index (χ1v) is 7.72. The third-order valence-corrected chi connectivity index (χ3v) is 5.56. The molecule has 0 spiro atoms. The Labute approximate surface area is 114 Å². The van der Waals surface area contributed by atoms with Gasteiger partial charge in [0.15, 0.2) is 4.60 Å². The van der Waals surface area contributed by atoms with Crippen LogP contribution in [0.15, 0.2) is 9.63 Å². The molecule has 0 aliphatic carbocycles. The zero-order valence-electron chi connectivity index (χ0n) is 9.74. The molecule has 0 aliphatic rings. The number of sulfonamides is 1. The number of nitrogens with one attached hydrogen (secondary N) is 1. The smallest absolute Gasteiger partial charge is 0.235 e. The fraction of sp³-hybridized carbons (Fsp3) is 0.750. The lowest BCUT2D eigenvalue weighted by molar-refractivity contribution is 0.441. The third-order valence-electron chi connectivity index (χ3n) is 2.45. The zero-order valence-corrected chi connectivity index (χ0v) is 12.9. The SMILES string of the molecule is CCC(C)(CCl)NS(=O)(=O)c1c(Br)nnn1C. The summed E-state index contributed by atoms with van der Waals surface area (Å²) in [6.45, 7) is 3.61. The molecule has 0 fully saturated rings. The predicted molar refractivity (Wildman–Crippen MR) is 68.4 cm³/mol. The summed E-state index contributed by atoms with van der Waals surface area (Å²) in [6, 6.07) is 0. The van der Waals surface area contributed by atoms with Gasteiger partial charge in [0.05, 0.1) is 0 Å². The van der Waals surface area contributed by atoms with Crippen molar-refractivity contribution < 1.29 is 8.42 Å². The minimum atomic E-state index is -3.70. The van der Waals surface area contributed by atoms with Gasteiger partial charge >= 0.3 is 0 Å². The minimum Gasteiger partial charge on any atom is -0.235 e. The average molecular weight is 346 g/mol. The van der Waals surface area contributed by atoms with Crippen LogP contribution in [0, 0.1) is 0 Å². The predicted octanol–water partition coefficient (Wildman–Crippen LogP) is 1.26. The lowest BCUT2D eigenvalue weighted by atomic mass is 10.0. The van der Waals surface area contributed by atoms with Crippen LogP contribution >= 0.6 is 27.5 Å². The lowest BCUT2D eigenvalue weighted by Crippen LogP contribution is -2.47. The quantitative estimate of drug-likeness (QED) is 0.815. The highest BCUT2D eigenvalue weighted by Crippen LogP contribution is 2.21. The summed E-state index contributed by atoms with van der Waals surface area (Å²) in [5, 5.41) is 7.26. The molecule has 0 aliphatic heterocycles. The zero-order chi connectivity index (χ0) is 13.3. The fourth-order valence-corrected chi connectivity index (χ4v) is 4.09. The minimum absolute atomic E-state index is 0.0118. The summed E-state index contributed by atoms with van der Waals surface area (Å²) in [5.74, 6) is 0.186. The average Bonchev–Trinajstić information content (AvgIpc) is 2.58. The summed E-state index contributed by atoms with van der Waals surface area (Å²) in [7, 11) is -2.19. The molecule has 0 amide bonds. The molecule has 0 saturated carbocycles.